The second-order valence-corrected chi connectivity index (χ2v) is 5.20. The van der Waals surface area contributed by atoms with Gasteiger partial charge in [-0.05, 0) is 12.0 Å². The highest BCUT2D eigenvalue weighted by Crippen LogP contribution is 2.12. The molecule has 1 heterocycles. The van der Waals surface area contributed by atoms with Gasteiger partial charge in [0.25, 0.3) is 5.56 Å². The number of hydrogen-bond donors (Lipinski definition) is 1. The van der Waals surface area contributed by atoms with Gasteiger partial charge in [0.1, 0.15) is 0 Å². The first-order valence-electron chi connectivity index (χ1n) is 6.81. The molecule has 2 rings (SSSR count). The van der Waals surface area contributed by atoms with Crippen molar-refractivity contribution in [3.8, 4) is 0 Å². The smallest absolute Gasteiger partial charge is 0.357 e. The molecule has 0 aliphatic carbocycles. The van der Waals surface area contributed by atoms with E-state index >= 15 is 0 Å². The molecule has 0 bridgehead atoms. The summed E-state index contributed by atoms with van der Waals surface area (Å²) in [5.74, 6) is -0.746. The lowest BCUT2D eigenvalue weighted by atomic mass is 10.1. The van der Waals surface area contributed by atoms with Crippen molar-refractivity contribution in [3.05, 3.63) is 40.3 Å². The standard InChI is InChI=1S/C15H18N2O4/c1-10(2)9-21-8-7-17-14(18)12-6-4-3-5-11(12)13(16-17)15(19)20/h3-6,10H,7-9H2,1-2H3,(H,19,20). The second-order valence-electron chi connectivity index (χ2n) is 5.20. The minimum atomic E-state index is -1.15. The SMILES string of the molecule is CC(C)COCCn1nc(C(=O)O)c2ccccc2c1=O. The number of fused-ring (bicyclic) bond motifs is 1. The van der Waals surface area contributed by atoms with Crippen molar-refractivity contribution in [2.24, 2.45) is 5.92 Å². The average molecular weight is 290 g/mol. The van der Waals surface area contributed by atoms with Crippen LogP contribution in [-0.4, -0.2) is 34.1 Å². The van der Waals surface area contributed by atoms with E-state index in [9.17, 15) is 14.7 Å². The van der Waals surface area contributed by atoms with Crippen LogP contribution in [0.2, 0.25) is 0 Å². The number of nitrogens with zero attached hydrogens (tertiary/aromatic N) is 2. The number of carbonyl (C=O) groups is 1. The van der Waals surface area contributed by atoms with Gasteiger partial charge in [0, 0.05) is 12.0 Å². The molecular formula is C15H18N2O4. The number of carboxylic acids is 1. The minimum Gasteiger partial charge on any atom is -0.476 e. The zero-order valence-electron chi connectivity index (χ0n) is 12.1. The fourth-order valence-corrected chi connectivity index (χ4v) is 2.01. The molecule has 0 aliphatic heterocycles. The predicted octanol–water partition coefficient (Wildman–Crippen LogP) is 1.77. The molecule has 1 N–H and O–H groups in total. The number of hydrogen-bond acceptors (Lipinski definition) is 4. The van der Waals surface area contributed by atoms with Crippen molar-refractivity contribution in [2.75, 3.05) is 13.2 Å². The highest BCUT2D eigenvalue weighted by atomic mass is 16.5. The monoisotopic (exact) mass is 290 g/mol. The van der Waals surface area contributed by atoms with Gasteiger partial charge in [0.15, 0.2) is 5.69 Å². The molecule has 1 aromatic carbocycles. The van der Waals surface area contributed by atoms with E-state index in [0.29, 0.717) is 29.9 Å². The zero-order chi connectivity index (χ0) is 15.4. The Morgan fingerprint density at radius 3 is 2.62 bits per heavy atom. The molecule has 2 aromatic rings. The van der Waals surface area contributed by atoms with E-state index in [1.807, 2.05) is 13.8 Å². The third-order valence-electron chi connectivity index (χ3n) is 2.97. The summed E-state index contributed by atoms with van der Waals surface area (Å²) in [6.07, 6.45) is 0. The lowest BCUT2D eigenvalue weighted by Crippen LogP contribution is -2.28. The van der Waals surface area contributed by atoms with E-state index in [0.717, 1.165) is 4.68 Å². The van der Waals surface area contributed by atoms with Crippen molar-refractivity contribution in [2.45, 2.75) is 20.4 Å². The Kier molecular flexibility index (Phi) is 4.70. The lowest BCUT2D eigenvalue weighted by Gasteiger charge is -2.10. The molecule has 0 aliphatic rings. The maximum absolute atomic E-state index is 12.3. The molecule has 1 aromatic heterocycles. The van der Waals surface area contributed by atoms with Crippen LogP contribution in [0.25, 0.3) is 10.8 Å². The normalized spacial score (nSPS) is 11.2. The van der Waals surface area contributed by atoms with E-state index in [4.69, 9.17) is 4.74 Å². The molecule has 0 atom stereocenters. The lowest BCUT2D eigenvalue weighted by molar-refractivity contribution is 0.0687. The summed E-state index contributed by atoms with van der Waals surface area (Å²) in [6, 6.07) is 6.59. The van der Waals surface area contributed by atoms with Crippen molar-refractivity contribution >= 4 is 16.7 Å². The maximum Gasteiger partial charge on any atom is 0.357 e. The third-order valence-corrected chi connectivity index (χ3v) is 2.97. The maximum atomic E-state index is 12.3. The fraction of sp³-hybridized carbons (Fsp3) is 0.400. The largest absolute Gasteiger partial charge is 0.476 e. The van der Waals surface area contributed by atoms with Gasteiger partial charge >= 0.3 is 5.97 Å². The van der Waals surface area contributed by atoms with E-state index < -0.39 is 5.97 Å². The van der Waals surface area contributed by atoms with Crippen LogP contribution in [0.4, 0.5) is 0 Å². The third kappa shape index (κ3) is 3.46. The molecule has 0 unspecified atom stereocenters. The van der Waals surface area contributed by atoms with Gasteiger partial charge in [-0.1, -0.05) is 32.0 Å². The molecule has 0 spiro atoms. The Morgan fingerprint density at radius 2 is 2.00 bits per heavy atom. The molecule has 112 valence electrons. The van der Waals surface area contributed by atoms with Gasteiger partial charge in [0.05, 0.1) is 18.5 Å². The van der Waals surface area contributed by atoms with Crippen LogP contribution < -0.4 is 5.56 Å². The van der Waals surface area contributed by atoms with Crippen molar-refractivity contribution in [1.29, 1.82) is 0 Å². The first-order valence-corrected chi connectivity index (χ1v) is 6.81. The summed E-state index contributed by atoms with van der Waals surface area (Å²) in [5, 5.41) is 13.9. The average Bonchev–Trinajstić information content (AvgIpc) is 2.45. The second kappa shape index (κ2) is 6.49. The Bertz CT molecular complexity index is 706. The summed E-state index contributed by atoms with van der Waals surface area (Å²) in [6.45, 7) is 5.21. The molecule has 0 saturated carbocycles. The van der Waals surface area contributed by atoms with Crippen LogP contribution in [0, 0.1) is 5.92 Å². The molecular weight excluding hydrogens is 272 g/mol. The van der Waals surface area contributed by atoms with E-state index in [2.05, 4.69) is 5.10 Å². The number of carboxylic acid groups (broad SMARTS) is 1. The molecule has 6 nitrogen and oxygen atoms in total. The predicted molar refractivity (Wildman–Crippen MR) is 78.6 cm³/mol. The minimum absolute atomic E-state index is 0.117. The topological polar surface area (TPSA) is 81.4 Å². The Morgan fingerprint density at radius 1 is 1.33 bits per heavy atom. The van der Waals surface area contributed by atoms with Crippen LogP contribution >= 0.6 is 0 Å². The van der Waals surface area contributed by atoms with Crippen LogP contribution in [0.15, 0.2) is 29.1 Å². The molecule has 0 saturated heterocycles. The van der Waals surface area contributed by atoms with Crippen LogP contribution in [0.5, 0.6) is 0 Å². The first kappa shape index (κ1) is 15.2. The Labute approximate surface area is 122 Å². The number of aromatic carboxylic acids is 1. The summed E-state index contributed by atoms with van der Waals surface area (Å²) in [7, 11) is 0. The Balaban J connectivity index is 2.34. The number of rotatable bonds is 6. The van der Waals surface area contributed by atoms with Crippen molar-refractivity contribution in [3.63, 3.8) is 0 Å². The van der Waals surface area contributed by atoms with Crippen molar-refractivity contribution < 1.29 is 14.6 Å². The van der Waals surface area contributed by atoms with Gasteiger partial charge in [-0.3, -0.25) is 4.79 Å². The molecule has 0 radical (unpaired) electrons. The van der Waals surface area contributed by atoms with Gasteiger partial charge in [-0.15, -0.1) is 0 Å². The molecule has 21 heavy (non-hydrogen) atoms. The van der Waals surface area contributed by atoms with E-state index in [1.54, 1.807) is 24.3 Å². The summed E-state index contributed by atoms with van der Waals surface area (Å²) < 4.78 is 6.58. The Hall–Kier alpha value is -2.21. The highest BCUT2D eigenvalue weighted by Gasteiger charge is 2.15. The van der Waals surface area contributed by atoms with E-state index in [1.165, 1.54) is 0 Å². The number of ether oxygens (including phenoxy) is 1. The zero-order valence-corrected chi connectivity index (χ0v) is 12.1. The fourth-order valence-electron chi connectivity index (χ4n) is 2.01. The van der Waals surface area contributed by atoms with Crippen LogP contribution in [-0.2, 0) is 11.3 Å². The van der Waals surface area contributed by atoms with Gasteiger partial charge in [-0.2, -0.15) is 5.10 Å². The highest BCUT2D eigenvalue weighted by molar-refractivity contribution is 6.01. The first-order chi connectivity index (χ1) is 10.0. The quantitative estimate of drug-likeness (QED) is 0.820. The molecule has 0 amide bonds. The van der Waals surface area contributed by atoms with Crippen LogP contribution in [0.3, 0.4) is 0 Å². The van der Waals surface area contributed by atoms with Crippen molar-refractivity contribution in [1.82, 2.24) is 9.78 Å². The van der Waals surface area contributed by atoms with Gasteiger partial charge < -0.3 is 9.84 Å². The summed E-state index contributed by atoms with van der Waals surface area (Å²) >= 11 is 0. The van der Waals surface area contributed by atoms with E-state index in [-0.39, 0.29) is 17.8 Å². The molecule has 6 heteroatoms. The van der Waals surface area contributed by atoms with Gasteiger partial charge in [0.2, 0.25) is 0 Å². The van der Waals surface area contributed by atoms with Gasteiger partial charge in [-0.25, -0.2) is 9.48 Å². The van der Waals surface area contributed by atoms with Crippen LogP contribution in [0.1, 0.15) is 24.3 Å². The summed E-state index contributed by atoms with van der Waals surface area (Å²) in [5.41, 5.74) is -0.419. The number of aromatic nitrogens is 2. The number of benzene rings is 1. The summed E-state index contributed by atoms with van der Waals surface area (Å²) in [4.78, 5) is 23.6. The molecule has 0 fully saturated rings.